The summed E-state index contributed by atoms with van der Waals surface area (Å²) >= 11 is 0. The van der Waals surface area contributed by atoms with Crippen molar-refractivity contribution in [2.75, 3.05) is 0 Å². The van der Waals surface area contributed by atoms with Crippen LogP contribution in [0.5, 0.6) is 0 Å². The Morgan fingerprint density at radius 3 is 2.38 bits per heavy atom. The molecule has 0 amide bonds. The van der Waals surface area contributed by atoms with Crippen molar-refractivity contribution in [3.8, 4) is 0 Å². The van der Waals surface area contributed by atoms with Crippen LogP contribution in [0.1, 0.15) is 27.4 Å². The summed E-state index contributed by atoms with van der Waals surface area (Å²) in [5, 5.41) is 4.15. The third kappa shape index (κ3) is 4.19. The topological polar surface area (TPSA) is 87.0 Å². The Kier molecular flexibility index (Phi) is 5.11. The number of fused-ring (bicyclic) bond motifs is 1. The lowest BCUT2D eigenvalue weighted by molar-refractivity contribution is 0.0457. The minimum Gasteiger partial charge on any atom is -0.454 e. The molecule has 0 bridgehead atoms. The fourth-order valence-corrected chi connectivity index (χ4v) is 2.90. The van der Waals surface area contributed by atoms with E-state index in [9.17, 15) is 9.59 Å². The van der Waals surface area contributed by atoms with E-state index in [0.29, 0.717) is 11.4 Å². The molecule has 0 aliphatic heterocycles. The molecule has 0 fully saturated rings. The lowest BCUT2D eigenvalue weighted by atomic mass is 10.2. The van der Waals surface area contributed by atoms with E-state index in [2.05, 4.69) is 15.1 Å². The van der Waals surface area contributed by atoms with Gasteiger partial charge in [0.2, 0.25) is 0 Å². The molecule has 0 aliphatic rings. The largest absolute Gasteiger partial charge is 0.454 e. The van der Waals surface area contributed by atoms with E-state index in [1.54, 1.807) is 0 Å². The summed E-state index contributed by atoms with van der Waals surface area (Å²) in [6, 6.07) is 19.6. The molecule has 0 saturated carbocycles. The normalized spacial score (nSPS) is 10.8. The summed E-state index contributed by atoms with van der Waals surface area (Å²) in [7, 11) is 0. The monoisotopic (exact) mass is 386 g/mol. The van der Waals surface area contributed by atoms with Crippen molar-refractivity contribution in [1.29, 1.82) is 0 Å². The Hall–Kier alpha value is -3.87. The minimum absolute atomic E-state index is 0.0258. The minimum atomic E-state index is -0.624. The maximum absolute atomic E-state index is 12.5. The molecule has 0 radical (unpaired) electrons. The number of hydrogen-bond acceptors (Lipinski definition) is 6. The van der Waals surface area contributed by atoms with E-state index in [0.717, 1.165) is 16.6 Å². The number of para-hydroxylation sites is 2. The average molecular weight is 386 g/mol. The van der Waals surface area contributed by atoms with Gasteiger partial charge in [-0.25, -0.2) is 19.4 Å². The fourth-order valence-electron chi connectivity index (χ4n) is 2.90. The number of aromatic nitrogens is 4. The molecule has 29 heavy (non-hydrogen) atoms. The number of carbonyl (C=O) groups is 1. The second-order valence-electron chi connectivity index (χ2n) is 6.52. The Balaban J connectivity index is 1.51. The van der Waals surface area contributed by atoms with E-state index < -0.39 is 5.97 Å². The van der Waals surface area contributed by atoms with Crippen LogP contribution in [-0.4, -0.2) is 25.7 Å². The summed E-state index contributed by atoms with van der Waals surface area (Å²) in [5.41, 5.74) is 3.48. The van der Waals surface area contributed by atoms with Gasteiger partial charge in [0.15, 0.2) is 5.69 Å². The molecule has 0 aliphatic carbocycles. The van der Waals surface area contributed by atoms with Gasteiger partial charge >= 0.3 is 5.97 Å². The Labute approximate surface area is 166 Å². The molecule has 7 heteroatoms. The number of esters is 1. The van der Waals surface area contributed by atoms with E-state index in [-0.39, 0.29) is 24.4 Å². The molecule has 4 aromatic rings. The van der Waals surface area contributed by atoms with Crippen LogP contribution in [0.2, 0.25) is 0 Å². The molecular weight excluding hydrogens is 368 g/mol. The summed E-state index contributed by atoms with van der Waals surface area (Å²) in [6.45, 7) is 2.07. The first-order chi connectivity index (χ1) is 14.1. The van der Waals surface area contributed by atoms with Crippen LogP contribution in [-0.2, 0) is 17.9 Å². The van der Waals surface area contributed by atoms with Gasteiger partial charge in [-0.1, -0.05) is 42.5 Å². The molecule has 0 atom stereocenters. The Bertz CT molecular complexity index is 1240. The standard InChI is InChI=1S/C22H18N4O3/c1-15-20(24-18-10-6-5-9-17(18)23-15)14-29-22(28)19-11-12-21(27)26(25-19)13-16-7-3-2-4-8-16/h2-12H,13-14H2,1H3. The van der Waals surface area contributed by atoms with Gasteiger partial charge in [-0.15, -0.1) is 0 Å². The van der Waals surface area contributed by atoms with Gasteiger partial charge in [0.05, 0.1) is 29.0 Å². The molecular formula is C22H18N4O3. The van der Waals surface area contributed by atoms with E-state index in [4.69, 9.17) is 4.74 Å². The lowest BCUT2D eigenvalue weighted by Gasteiger charge is -2.09. The summed E-state index contributed by atoms with van der Waals surface area (Å²) < 4.78 is 6.61. The third-order valence-corrected chi connectivity index (χ3v) is 4.43. The van der Waals surface area contributed by atoms with Crippen molar-refractivity contribution in [2.24, 2.45) is 0 Å². The molecule has 2 aromatic heterocycles. The smallest absolute Gasteiger partial charge is 0.359 e. The highest BCUT2D eigenvalue weighted by Crippen LogP contribution is 2.13. The molecule has 0 unspecified atom stereocenters. The molecule has 4 rings (SSSR count). The van der Waals surface area contributed by atoms with Gasteiger partial charge in [-0.3, -0.25) is 4.79 Å². The van der Waals surface area contributed by atoms with Crippen molar-refractivity contribution in [1.82, 2.24) is 19.7 Å². The zero-order chi connectivity index (χ0) is 20.2. The van der Waals surface area contributed by atoms with Gasteiger partial charge in [0, 0.05) is 6.07 Å². The number of ether oxygens (including phenoxy) is 1. The van der Waals surface area contributed by atoms with Crippen molar-refractivity contribution in [3.63, 3.8) is 0 Å². The second-order valence-corrected chi connectivity index (χ2v) is 6.52. The van der Waals surface area contributed by atoms with Crippen LogP contribution < -0.4 is 5.56 Å². The Morgan fingerprint density at radius 2 is 1.62 bits per heavy atom. The fraction of sp³-hybridized carbons (Fsp3) is 0.136. The average Bonchev–Trinajstić information content (AvgIpc) is 2.74. The molecule has 0 spiro atoms. The van der Waals surface area contributed by atoms with Crippen molar-refractivity contribution >= 4 is 17.0 Å². The predicted octanol–water partition coefficient (Wildman–Crippen LogP) is 2.90. The quantitative estimate of drug-likeness (QED) is 0.490. The first-order valence-electron chi connectivity index (χ1n) is 9.11. The zero-order valence-electron chi connectivity index (χ0n) is 15.8. The van der Waals surface area contributed by atoms with Crippen LogP contribution in [0.25, 0.3) is 11.0 Å². The van der Waals surface area contributed by atoms with Crippen LogP contribution >= 0.6 is 0 Å². The van der Waals surface area contributed by atoms with Crippen LogP contribution in [0.3, 0.4) is 0 Å². The van der Waals surface area contributed by atoms with Gasteiger partial charge < -0.3 is 4.74 Å². The summed E-state index contributed by atoms with van der Waals surface area (Å²) in [4.78, 5) is 33.5. The first-order valence-corrected chi connectivity index (χ1v) is 9.11. The molecule has 7 nitrogen and oxygen atoms in total. The molecule has 144 valence electrons. The van der Waals surface area contributed by atoms with Gasteiger partial charge in [0.25, 0.3) is 5.56 Å². The SMILES string of the molecule is Cc1nc2ccccc2nc1COC(=O)c1ccc(=O)n(Cc2ccccc2)n1. The number of aryl methyl sites for hydroxylation is 1. The molecule has 0 saturated heterocycles. The highest BCUT2D eigenvalue weighted by molar-refractivity contribution is 5.86. The second kappa shape index (κ2) is 8.02. The predicted molar refractivity (Wildman–Crippen MR) is 107 cm³/mol. The number of carbonyl (C=O) groups excluding carboxylic acids is 1. The van der Waals surface area contributed by atoms with Crippen molar-refractivity contribution < 1.29 is 9.53 Å². The van der Waals surface area contributed by atoms with Crippen molar-refractivity contribution in [3.05, 3.63) is 99.7 Å². The third-order valence-electron chi connectivity index (χ3n) is 4.43. The maximum Gasteiger partial charge on any atom is 0.359 e. The highest BCUT2D eigenvalue weighted by Gasteiger charge is 2.14. The number of rotatable bonds is 5. The molecule has 2 aromatic carbocycles. The molecule has 0 N–H and O–H groups in total. The first kappa shape index (κ1) is 18.5. The van der Waals surface area contributed by atoms with Crippen LogP contribution in [0, 0.1) is 6.92 Å². The highest BCUT2D eigenvalue weighted by atomic mass is 16.5. The number of benzene rings is 2. The van der Waals surface area contributed by atoms with Gasteiger partial charge in [-0.2, -0.15) is 5.10 Å². The molecule has 2 heterocycles. The summed E-state index contributed by atoms with van der Waals surface area (Å²) in [5.74, 6) is -0.624. The lowest BCUT2D eigenvalue weighted by Crippen LogP contribution is -2.25. The maximum atomic E-state index is 12.5. The van der Waals surface area contributed by atoms with E-state index in [1.165, 1.54) is 16.8 Å². The Morgan fingerprint density at radius 1 is 0.931 bits per heavy atom. The van der Waals surface area contributed by atoms with Crippen LogP contribution in [0.15, 0.2) is 71.5 Å². The van der Waals surface area contributed by atoms with Crippen LogP contribution in [0.4, 0.5) is 0 Å². The number of hydrogen-bond donors (Lipinski definition) is 0. The van der Waals surface area contributed by atoms with Gasteiger partial charge in [-0.05, 0) is 30.7 Å². The zero-order valence-corrected chi connectivity index (χ0v) is 15.8. The van der Waals surface area contributed by atoms with E-state index >= 15 is 0 Å². The van der Waals surface area contributed by atoms with Gasteiger partial charge in [0.1, 0.15) is 6.61 Å². The van der Waals surface area contributed by atoms with E-state index in [1.807, 2.05) is 61.5 Å². The van der Waals surface area contributed by atoms with Crippen molar-refractivity contribution in [2.45, 2.75) is 20.1 Å². The summed E-state index contributed by atoms with van der Waals surface area (Å²) in [6.07, 6.45) is 0. The number of nitrogens with zero attached hydrogens (tertiary/aromatic N) is 4.